The van der Waals surface area contributed by atoms with Crippen LogP contribution in [-0.2, 0) is 9.59 Å². The summed E-state index contributed by atoms with van der Waals surface area (Å²) in [5.41, 5.74) is 0.213. The van der Waals surface area contributed by atoms with Gasteiger partial charge in [-0.15, -0.1) is 0 Å². The Morgan fingerprint density at radius 1 is 0.800 bits per heavy atom. The molecule has 0 saturated carbocycles. The molecule has 0 heterocycles. The van der Waals surface area contributed by atoms with E-state index in [-0.39, 0.29) is 10.8 Å². The standard InChI is InChI=1S/C16H26O4/c1-11(13(17)18)9-15(3,4)7-8-16(5,6)10-12(2)14(19)20/h9-10H,7-8H2,1-6H3,(H,17,18)(H,19,20). The Morgan fingerprint density at radius 2 is 1.05 bits per heavy atom. The van der Waals surface area contributed by atoms with Gasteiger partial charge in [0.2, 0.25) is 0 Å². The van der Waals surface area contributed by atoms with E-state index in [1.807, 2.05) is 27.7 Å². The maximum atomic E-state index is 10.9. The second-order valence-electron chi connectivity index (χ2n) is 6.74. The van der Waals surface area contributed by atoms with Crippen molar-refractivity contribution < 1.29 is 19.8 Å². The van der Waals surface area contributed by atoms with E-state index in [1.54, 1.807) is 26.0 Å². The van der Waals surface area contributed by atoms with E-state index in [0.29, 0.717) is 11.1 Å². The third-order valence-corrected chi connectivity index (χ3v) is 3.30. The van der Waals surface area contributed by atoms with Crippen LogP contribution in [0.2, 0.25) is 0 Å². The van der Waals surface area contributed by atoms with Gasteiger partial charge < -0.3 is 10.2 Å². The highest BCUT2D eigenvalue weighted by molar-refractivity contribution is 5.86. The van der Waals surface area contributed by atoms with Gasteiger partial charge in [-0.05, 0) is 37.5 Å². The minimum atomic E-state index is -0.904. The molecule has 0 saturated heterocycles. The van der Waals surface area contributed by atoms with Gasteiger partial charge >= 0.3 is 11.9 Å². The first kappa shape index (κ1) is 18.4. The summed E-state index contributed by atoms with van der Waals surface area (Å²) in [6, 6.07) is 0. The lowest BCUT2D eigenvalue weighted by atomic mass is 9.77. The number of allylic oxidation sites excluding steroid dienone is 2. The summed E-state index contributed by atoms with van der Waals surface area (Å²) in [7, 11) is 0. The van der Waals surface area contributed by atoms with E-state index in [9.17, 15) is 9.59 Å². The highest BCUT2D eigenvalue weighted by Gasteiger charge is 2.23. The molecule has 0 radical (unpaired) electrons. The highest BCUT2D eigenvalue weighted by atomic mass is 16.4. The average molecular weight is 282 g/mol. The van der Waals surface area contributed by atoms with Crippen LogP contribution in [0.15, 0.2) is 23.3 Å². The second kappa shape index (κ2) is 6.73. The van der Waals surface area contributed by atoms with Crippen LogP contribution < -0.4 is 0 Å². The normalized spacial score (nSPS) is 14.3. The Bertz CT molecular complexity index is 397. The van der Waals surface area contributed by atoms with Gasteiger partial charge in [0, 0.05) is 11.1 Å². The monoisotopic (exact) mass is 282 g/mol. The molecule has 0 aliphatic heterocycles. The summed E-state index contributed by atoms with van der Waals surface area (Å²) in [5, 5.41) is 17.8. The molecule has 0 aliphatic rings. The van der Waals surface area contributed by atoms with Gasteiger partial charge in [-0.2, -0.15) is 0 Å². The molecule has 20 heavy (non-hydrogen) atoms. The van der Waals surface area contributed by atoms with Crippen molar-refractivity contribution in [3.8, 4) is 0 Å². The first-order chi connectivity index (χ1) is 8.86. The third kappa shape index (κ3) is 7.12. The minimum absolute atomic E-state index is 0.231. The number of hydrogen-bond donors (Lipinski definition) is 2. The number of hydrogen-bond acceptors (Lipinski definition) is 2. The maximum absolute atomic E-state index is 10.9. The van der Waals surface area contributed by atoms with Crippen LogP contribution >= 0.6 is 0 Å². The van der Waals surface area contributed by atoms with Gasteiger partial charge in [-0.3, -0.25) is 0 Å². The van der Waals surface area contributed by atoms with Gasteiger partial charge in [-0.1, -0.05) is 39.8 Å². The van der Waals surface area contributed by atoms with Crippen molar-refractivity contribution in [2.24, 2.45) is 10.8 Å². The molecule has 0 unspecified atom stereocenters. The van der Waals surface area contributed by atoms with Gasteiger partial charge in [-0.25, -0.2) is 9.59 Å². The molecule has 0 aromatic rings. The topological polar surface area (TPSA) is 74.6 Å². The van der Waals surface area contributed by atoms with E-state index in [1.165, 1.54) is 0 Å². The molecule has 0 spiro atoms. The van der Waals surface area contributed by atoms with E-state index in [0.717, 1.165) is 12.8 Å². The summed E-state index contributed by atoms with van der Waals surface area (Å²) in [6.07, 6.45) is 5.10. The molecule has 0 aromatic heterocycles. The van der Waals surface area contributed by atoms with Crippen molar-refractivity contribution in [3.63, 3.8) is 0 Å². The molecule has 0 amide bonds. The van der Waals surface area contributed by atoms with Crippen molar-refractivity contribution in [3.05, 3.63) is 23.3 Å². The SMILES string of the molecule is CC(=CC(C)(C)CCC(C)(C)C=C(C)C(=O)O)C(=O)O. The van der Waals surface area contributed by atoms with Crippen molar-refractivity contribution in [1.82, 2.24) is 0 Å². The van der Waals surface area contributed by atoms with Crippen LogP contribution in [0.5, 0.6) is 0 Å². The lowest BCUT2D eigenvalue weighted by molar-refractivity contribution is -0.133. The minimum Gasteiger partial charge on any atom is -0.478 e. The van der Waals surface area contributed by atoms with Crippen molar-refractivity contribution in [2.45, 2.75) is 54.4 Å². The van der Waals surface area contributed by atoms with Gasteiger partial charge in [0.1, 0.15) is 0 Å². The first-order valence-corrected chi connectivity index (χ1v) is 6.72. The van der Waals surface area contributed by atoms with Crippen LogP contribution in [0, 0.1) is 10.8 Å². The number of aliphatic carboxylic acids is 2. The second-order valence-corrected chi connectivity index (χ2v) is 6.74. The molecular formula is C16H26O4. The predicted octanol–water partition coefficient (Wildman–Crippen LogP) is 3.88. The average Bonchev–Trinajstić information content (AvgIpc) is 2.25. The Hall–Kier alpha value is -1.58. The van der Waals surface area contributed by atoms with E-state index >= 15 is 0 Å². The summed E-state index contributed by atoms with van der Waals surface area (Å²) in [4.78, 5) is 21.7. The Morgan fingerprint density at radius 3 is 1.25 bits per heavy atom. The quantitative estimate of drug-likeness (QED) is 0.695. The smallest absolute Gasteiger partial charge is 0.330 e. The molecule has 0 bridgehead atoms. The van der Waals surface area contributed by atoms with Crippen LogP contribution in [0.3, 0.4) is 0 Å². The molecule has 4 nitrogen and oxygen atoms in total. The van der Waals surface area contributed by atoms with Crippen molar-refractivity contribution >= 4 is 11.9 Å². The molecule has 114 valence electrons. The van der Waals surface area contributed by atoms with Crippen LogP contribution in [0.4, 0.5) is 0 Å². The van der Waals surface area contributed by atoms with Crippen molar-refractivity contribution in [1.29, 1.82) is 0 Å². The fraction of sp³-hybridized carbons (Fsp3) is 0.625. The summed E-state index contributed by atoms with van der Waals surface area (Å²) >= 11 is 0. The number of carbonyl (C=O) groups is 2. The predicted molar refractivity (Wildman–Crippen MR) is 79.6 cm³/mol. The molecule has 0 rings (SSSR count). The van der Waals surface area contributed by atoms with E-state index in [2.05, 4.69) is 0 Å². The molecule has 0 fully saturated rings. The molecule has 0 atom stereocenters. The molecule has 0 aromatic carbocycles. The largest absolute Gasteiger partial charge is 0.478 e. The fourth-order valence-corrected chi connectivity index (χ4v) is 2.08. The molecular weight excluding hydrogens is 256 g/mol. The number of carboxylic acid groups (broad SMARTS) is 2. The van der Waals surface area contributed by atoms with E-state index in [4.69, 9.17) is 10.2 Å². The van der Waals surface area contributed by atoms with E-state index < -0.39 is 11.9 Å². The third-order valence-electron chi connectivity index (χ3n) is 3.30. The molecule has 4 heteroatoms. The number of carboxylic acids is 2. The van der Waals surface area contributed by atoms with Gasteiger partial charge in [0.15, 0.2) is 0 Å². The summed E-state index contributed by atoms with van der Waals surface area (Å²) in [5.74, 6) is -1.81. The van der Waals surface area contributed by atoms with Gasteiger partial charge in [0.05, 0.1) is 0 Å². The van der Waals surface area contributed by atoms with Crippen LogP contribution in [0.25, 0.3) is 0 Å². The Labute approximate surface area is 121 Å². The van der Waals surface area contributed by atoms with Crippen molar-refractivity contribution in [2.75, 3.05) is 0 Å². The number of rotatable bonds is 7. The summed E-state index contributed by atoms with van der Waals surface area (Å²) in [6.45, 7) is 11.1. The zero-order chi connectivity index (χ0) is 16.1. The fourth-order valence-electron chi connectivity index (χ4n) is 2.08. The Balaban J connectivity index is 4.84. The zero-order valence-corrected chi connectivity index (χ0v) is 13.3. The Kier molecular flexibility index (Phi) is 6.20. The van der Waals surface area contributed by atoms with Crippen LogP contribution in [-0.4, -0.2) is 22.2 Å². The zero-order valence-electron chi connectivity index (χ0n) is 13.3. The van der Waals surface area contributed by atoms with Crippen LogP contribution in [0.1, 0.15) is 54.4 Å². The molecule has 0 aliphatic carbocycles. The maximum Gasteiger partial charge on any atom is 0.330 e. The lowest BCUT2D eigenvalue weighted by Crippen LogP contribution is -2.17. The lowest BCUT2D eigenvalue weighted by Gasteiger charge is -2.28. The highest BCUT2D eigenvalue weighted by Crippen LogP contribution is 2.34. The van der Waals surface area contributed by atoms with Gasteiger partial charge in [0.25, 0.3) is 0 Å². The molecule has 2 N–H and O–H groups in total. The summed E-state index contributed by atoms with van der Waals surface area (Å²) < 4.78 is 0. The first-order valence-electron chi connectivity index (χ1n) is 6.72.